The van der Waals surface area contributed by atoms with Crippen LogP contribution >= 0.6 is 0 Å². The number of aldehydes is 1. The van der Waals surface area contributed by atoms with Crippen molar-refractivity contribution in [3.8, 4) is 0 Å². The van der Waals surface area contributed by atoms with Gasteiger partial charge in [0, 0.05) is 20.0 Å². The fourth-order valence-electron chi connectivity index (χ4n) is 3.41. The minimum atomic E-state index is -0.402. The summed E-state index contributed by atoms with van der Waals surface area (Å²) >= 11 is 0. The van der Waals surface area contributed by atoms with E-state index in [0.29, 0.717) is 6.42 Å². The molecule has 1 atom stereocenters. The molecule has 5 nitrogen and oxygen atoms in total. The number of hydrogen-bond acceptors (Lipinski definition) is 5. The van der Waals surface area contributed by atoms with Crippen LogP contribution in [0.1, 0.15) is 84.0 Å². The van der Waals surface area contributed by atoms with Crippen LogP contribution in [0.15, 0.2) is 12.2 Å². The zero-order chi connectivity index (χ0) is 19.6. The topological polar surface area (TPSA) is 54.0 Å². The largest absolute Gasteiger partial charge is 0.359 e. The number of rotatable bonds is 18. The van der Waals surface area contributed by atoms with Crippen molar-refractivity contribution in [3.05, 3.63) is 12.2 Å². The number of ether oxygens (including phenoxy) is 4. The van der Waals surface area contributed by atoms with E-state index >= 15 is 0 Å². The third-order valence-electron chi connectivity index (χ3n) is 4.99. The van der Waals surface area contributed by atoms with Crippen molar-refractivity contribution in [2.45, 2.75) is 95.9 Å². The normalized spacial score (nSPS) is 17.6. The highest BCUT2D eigenvalue weighted by Crippen LogP contribution is 2.31. The van der Waals surface area contributed by atoms with Crippen molar-refractivity contribution < 1.29 is 23.7 Å². The summed E-state index contributed by atoms with van der Waals surface area (Å²) in [5.41, 5.74) is 0. The Labute approximate surface area is 165 Å². The van der Waals surface area contributed by atoms with Crippen LogP contribution in [0.2, 0.25) is 0 Å². The van der Waals surface area contributed by atoms with E-state index < -0.39 is 6.10 Å². The molecule has 0 amide bonds. The molecular weight excluding hydrogens is 344 g/mol. The highest BCUT2D eigenvalue weighted by atomic mass is 16.7. The fourth-order valence-corrected chi connectivity index (χ4v) is 3.41. The number of carbonyl (C=O) groups is 1. The molecule has 0 aliphatic carbocycles. The maximum absolute atomic E-state index is 10.8. The van der Waals surface area contributed by atoms with E-state index in [4.69, 9.17) is 18.9 Å². The van der Waals surface area contributed by atoms with Crippen molar-refractivity contribution in [1.82, 2.24) is 0 Å². The Kier molecular flexibility index (Phi) is 14.6. The molecule has 1 saturated heterocycles. The van der Waals surface area contributed by atoms with Crippen LogP contribution in [0.3, 0.4) is 0 Å². The van der Waals surface area contributed by atoms with E-state index in [-0.39, 0.29) is 12.6 Å². The Morgan fingerprint density at radius 1 is 0.963 bits per heavy atom. The lowest BCUT2D eigenvalue weighted by atomic mass is 9.99. The Hall–Kier alpha value is -0.750. The molecule has 1 aliphatic rings. The molecule has 1 rings (SSSR count). The number of carbonyl (C=O) groups excluding carboxylic acids is 1. The quantitative estimate of drug-likeness (QED) is 0.141. The molecule has 0 unspecified atom stereocenters. The molecule has 0 bridgehead atoms. The van der Waals surface area contributed by atoms with Gasteiger partial charge >= 0.3 is 0 Å². The molecule has 27 heavy (non-hydrogen) atoms. The third-order valence-corrected chi connectivity index (χ3v) is 4.99. The number of methoxy groups -OCH3 is 1. The molecule has 1 fully saturated rings. The van der Waals surface area contributed by atoms with Gasteiger partial charge in [0.2, 0.25) is 0 Å². The summed E-state index contributed by atoms with van der Waals surface area (Å²) in [5.74, 6) is -0.292. The highest BCUT2D eigenvalue weighted by molar-refractivity contribution is 5.56. The summed E-state index contributed by atoms with van der Waals surface area (Å²) in [6.07, 6.45) is 18.1. The van der Waals surface area contributed by atoms with Gasteiger partial charge in [-0.2, -0.15) is 0 Å². The van der Waals surface area contributed by atoms with Gasteiger partial charge in [-0.15, -0.1) is 0 Å². The smallest absolute Gasteiger partial charge is 0.168 e. The van der Waals surface area contributed by atoms with Gasteiger partial charge in [-0.3, -0.25) is 0 Å². The second-order valence-electron chi connectivity index (χ2n) is 7.33. The number of unbranched alkanes of at least 4 members (excludes halogenated alkanes) is 7. The van der Waals surface area contributed by atoms with Crippen LogP contribution in [-0.2, 0) is 23.7 Å². The molecule has 0 aromatic carbocycles. The Bertz CT molecular complexity index is 377. The lowest BCUT2D eigenvalue weighted by Crippen LogP contribution is -2.30. The third kappa shape index (κ3) is 11.6. The van der Waals surface area contributed by atoms with E-state index in [1.165, 1.54) is 44.9 Å². The first-order valence-corrected chi connectivity index (χ1v) is 10.7. The minimum Gasteiger partial charge on any atom is -0.359 e. The molecule has 0 N–H and O–H groups in total. The molecule has 0 spiro atoms. The second-order valence-corrected chi connectivity index (χ2v) is 7.33. The van der Waals surface area contributed by atoms with Crippen LogP contribution in [0.25, 0.3) is 0 Å². The molecule has 0 radical (unpaired) electrons. The molecule has 0 saturated carbocycles. The van der Waals surface area contributed by atoms with Crippen molar-refractivity contribution in [2.24, 2.45) is 0 Å². The summed E-state index contributed by atoms with van der Waals surface area (Å²) in [6.45, 7) is 3.89. The van der Waals surface area contributed by atoms with Gasteiger partial charge in [0.15, 0.2) is 5.79 Å². The predicted octanol–water partition coefficient (Wildman–Crippen LogP) is 5.17. The van der Waals surface area contributed by atoms with Crippen LogP contribution in [0.4, 0.5) is 0 Å². The number of hydrogen-bond donors (Lipinski definition) is 0. The Balaban J connectivity index is 2.06. The first kappa shape index (κ1) is 24.3. The summed E-state index contributed by atoms with van der Waals surface area (Å²) in [4.78, 5) is 10.8. The van der Waals surface area contributed by atoms with E-state index in [0.717, 1.165) is 45.2 Å². The maximum Gasteiger partial charge on any atom is 0.168 e. The standard InChI is InChI=1S/C22H40O5/c1-3-4-5-12-15-22(26-17-18-27-22)16-13-10-8-6-7-9-11-14-21(19-23)25-20-24-2/h9,11,19,21H,3-8,10,12-18,20H2,1-2H3/b11-9+/t21-/m1/s1. The first-order chi connectivity index (χ1) is 13.3. The number of allylic oxidation sites excluding steroid dienone is 1. The van der Waals surface area contributed by atoms with E-state index in [1.807, 2.05) is 6.08 Å². The van der Waals surface area contributed by atoms with Gasteiger partial charge in [-0.05, 0) is 32.1 Å². The maximum atomic E-state index is 10.8. The van der Waals surface area contributed by atoms with Crippen LogP contribution in [0.5, 0.6) is 0 Å². The zero-order valence-corrected chi connectivity index (χ0v) is 17.5. The minimum absolute atomic E-state index is 0.158. The molecule has 158 valence electrons. The van der Waals surface area contributed by atoms with Gasteiger partial charge in [0.25, 0.3) is 0 Å². The first-order valence-electron chi connectivity index (χ1n) is 10.7. The fraction of sp³-hybridized carbons (Fsp3) is 0.864. The SMILES string of the molecule is CCCCCCC1(CCCCCC/C=C/C[C@H](C=O)OCOC)OCCO1. The highest BCUT2D eigenvalue weighted by Gasteiger charge is 2.34. The lowest BCUT2D eigenvalue weighted by molar-refractivity contribution is -0.168. The average molecular weight is 385 g/mol. The molecule has 0 aromatic heterocycles. The van der Waals surface area contributed by atoms with E-state index in [9.17, 15) is 4.79 Å². The van der Waals surface area contributed by atoms with Gasteiger partial charge in [-0.25, -0.2) is 0 Å². The Morgan fingerprint density at radius 2 is 1.63 bits per heavy atom. The van der Waals surface area contributed by atoms with Crippen molar-refractivity contribution in [3.63, 3.8) is 0 Å². The summed E-state index contributed by atoms with van der Waals surface area (Å²) in [6, 6.07) is 0. The summed E-state index contributed by atoms with van der Waals surface area (Å²) in [5, 5.41) is 0. The van der Waals surface area contributed by atoms with Crippen LogP contribution in [0, 0.1) is 0 Å². The van der Waals surface area contributed by atoms with Crippen LogP contribution < -0.4 is 0 Å². The molecule has 0 aromatic rings. The molecule has 5 heteroatoms. The van der Waals surface area contributed by atoms with Crippen molar-refractivity contribution in [2.75, 3.05) is 27.1 Å². The van der Waals surface area contributed by atoms with Gasteiger partial charge in [0.05, 0.1) is 13.2 Å². The molecule has 1 aliphatic heterocycles. The zero-order valence-electron chi connectivity index (χ0n) is 17.5. The van der Waals surface area contributed by atoms with Crippen molar-refractivity contribution in [1.29, 1.82) is 0 Å². The van der Waals surface area contributed by atoms with Gasteiger partial charge in [-0.1, -0.05) is 51.2 Å². The second kappa shape index (κ2) is 16.2. The average Bonchev–Trinajstić information content (AvgIpc) is 3.15. The van der Waals surface area contributed by atoms with Gasteiger partial charge < -0.3 is 23.7 Å². The predicted molar refractivity (Wildman–Crippen MR) is 108 cm³/mol. The van der Waals surface area contributed by atoms with Crippen molar-refractivity contribution >= 4 is 6.29 Å². The van der Waals surface area contributed by atoms with E-state index in [2.05, 4.69) is 13.0 Å². The summed E-state index contributed by atoms with van der Waals surface area (Å²) in [7, 11) is 1.55. The molecule has 1 heterocycles. The molecular formula is C22H40O5. The summed E-state index contributed by atoms with van der Waals surface area (Å²) < 4.78 is 22.0. The monoisotopic (exact) mass is 384 g/mol. The van der Waals surface area contributed by atoms with E-state index in [1.54, 1.807) is 7.11 Å². The van der Waals surface area contributed by atoms with Gasteiger partial charge in [0.1, 0.15) is 19.2 Å². The lowest BCUT2D eigenvalue weighted by Gasteiger charge is -2.27. The Morgan fingerprint density at radius 3 is 2.26 bits per heavy atom. The van der Waals surface area contributed by atoms with Crippen LogP contribution in [-0.4, -0.2) is 45.3 Å².